The number of ether oxygens (including phenoxy) is 3. The number of pyridine rings is 1. The Bertz CT molecular complexity index is 1690. The van der Waals surface area contributed by atoms with Gasteiger partial charge in [-0.2, -0.15) is 0 Å². The molecule has 4 rings (SSSR count). The number of hydrogen-bond acceptors (Lipinski definition) is 10. The highest BCUT2D eigenvalue weighted by Crippen LogP contribution is 2.28. The molecule has 0 saturated carbocycles. The number of anilines is 2. The minimum atomic E-state index is -0.679. The van der Waals surface area contributed by atoms with Crippen molar-refractivity contribution < 1.29 is 28.6 Å². The fourth-order valence-electron chi connectivity index (χ4n) is 4.93. The summed E-state index contributed by atoms with van der Waals surface area (Å²) in [6.07, 6.45) is 4.26. The molecular weight excluding hydrogens is 614 g/mol. The summed E-state index contributed by atoms with van der Waals surface area (Å²) in [4.78, 5) is 53.0. The molecule has 0 aliphatic rings. The maximum absolute atomic E-state index is 13.3. The van der Waals surface area contributed by atoms with Crippen molar-refractivity contribution in [1.82, 2.24) is 20.3 Å². The zero-order valence-electron chi connectivity index (χ0n) is 27.9. The Hall–Kier alpha value is -5.46. The highest BCUT2D eigenvalue weighted by molar-refractivity contribution is 6.04. The summed E-state index contributed by atoms with van der Waals surface area (Å²) in [5.74, 6) is 0.934. The van der Waals surface area contributed by atoms with Gasteiger partial charge in [-0.3, -0.25) is 20.4 Å². The summed E-state index contributed by atoms with van der Waals surface area (Å²) in [7, 11) is 1.92. The van der Waals surface area contributed by atoms with Crippen molar-refractivity contribution in [2.45, 2.75) is 59.4 Å². The Balaban J connectivity index is 1.38. The topological polar surface area (TPSA) is 163 Å². The molecule has 13 nitrogen and oxygen atoms in total. The smallest absolute Gasteiger partial charge is 0.420 e. The molecule has 0 atom stereocenters. The first kappa shape index (κ1) is 35.4. The Morgan fingerprint density at radius 3 is 2.48 bits per heavy atom. The molecule has 13 heteroatoms. The van der Waals surface area contributed by atoms with Crippen molar-refractivity contribution in [2.24, 2.45) is 0 Å². The first-order chi connectivity index (χ1) is 23.2. The van der Waals surface area contributed by atoms with Crippen LogP contribution in [0.1, 0.15) is 62.9 Å². The van der Waals surface area contributed by atoms with Gasteiger partial charge in [-0.25, -0.2) is 19.6 Å². The normalized spacial score (nSPS) is 10.8. The number of H-pyrrole nitrogens is 1. The first-order valence-electron chi connectivity index (χ1n) is 16.1. The molecule has 3 N–H and O–H groups in total. The number of amides is 2. The third-order valence-corrected chi connectivity index (χ3v) is 7.54. The molecule has 0 unspecified atom stereocenters. The van der Waals surface area contributed by atoms with Crippen LogP contribution in [0.2, 0.25) is 0 Å². The summed E-state index contributed by atoms with van der Waals surface area (Å²) in [5.41, 5.74) is 3.55. The second kappa shape index (κ2) is 17.5. The fraction of sp³-hybridized carbons (Fsp3) is 0.371. The molecular formula is C35H43N7O6. The van der Waals surface area contributed by atoms with E-state index in [0.717, 1.165) is 36.9 Å². The van der Waals surface area contributed by atoms with E-state index < -0.39 is 18.2 Å². The summed E-state index contributed by atoms with van der Waals surface area (Å²) < 4.78 is 16.0. The number of carbonyl (C=O) groups excluding carboxylic acids is 3. The number of rotatable bonds is 15. The predicted molar refractivity (Wildman–Crippen MR) is 184 cm³/mol. The molecule has 2 aromatic carbocycles. The zero-order chi connectivity index (χ0) is 34.5. The Morgan fingerprint density at radius 1 is 0.979 bits per heavy atom. The van der Waals surface area contributed by atoms with E-state index in [1.807, 2.05) is 31.0 Å². The number of aromatic amines is 1. The number of aromatic nitrogens is 3. The van der Waals surface area contributed by atoms with Crippen LogP contribution in [0.3, 0.4) is 0 Å². The van der Waals surface area contributed by atoms with Crippen molar-refractivity contribution in [2.75, 3.05) is 36.6 Å². The monoisotopic (exact) mass is 657 g/mol. The number of unbranched alkanes of at least 4 members (excludes halogenated alkanes) is 3. The Morgan fingerprint density at radius 2 is 1.77 bits per heavy atom. The van der Waals surface area contributed by atoms with E-state index in [-0.39, 0.29) is 25.4 Å². The largest absolute Gasteiger partial charge is 0.466 e. The van der Waals surface area contributed by atoms with Gasteiger partial charge < -0.3 is 24.1 Å². The zero-order valence-corrected chi connectivity index (χ0v) is 27.9. The van der Waals surface area contributed by atoms with Crippen LogP contribution in [0.25, 0.3) is 11.0 Å². The number of fused-ring (bicyclic) bond motifs is 1. The standard InChI is InChI=1S/C35H43N7O6/c1-5-7-8-11-22-47-34(44)40-33(36)25-13-15-26(16-14-25)41(4)23-29-38-27-17-18-28(24(3)32(27)39-29)48-35(45)42(21-19-31(43)46-6-2)30-12-9-10-20-37-30/h9-10,12-18,20H,5-8,11,19,21-23H2,1-4H3,(H,38,39)(H2,36,40,44). The second-order valence-corrected chi connectivity index (χ2v) is 11.1. The molecule has 0 radical (unpaired) electrons. The van der Waals surface area contributed by atoms with E-state index in [9.17, 15) is 14.4 Å². The van der Waals surface area contributed by atoms with Crippen LogP contribution in [0, 0.1) is 12.3 Å². The van der Waals surface area contributed by atoms with Gasteiger partial charge in [-0.15, -0.1) is 0 Å². The van der Waals surface area contributed by atoms with E-state index >= 15 is 0 Å². The van der Waals surface area contributed by atoms with Crippen molar-refractivity contribution in [3.8, 4) is 5.75 Å². The van der Waals surface area contributed by atoms with Gasteiger partial charge in [-0.1, -0.05) is 32.3 Å². The van der Waals surface area contributed by atoms with Crippen LogP contribution >= 0.6 is 0 Å². The van der Waals surface area contributed by atoms with E-state index in [1.54, 1.807) is 55.6 Å². The number of carbonyl (C=O) groups is 3. The van der Waals surface area contributed by atoms with Crippen LogP contribution in [0.15, 0.2) is 60.8 Å². The summed E-state index contributed by atoms with van der Waals surface area (Å²) in [5, 5.41) is 10.7. The fourth-order valence-corrected chi connectivity index (χ4v) is 4.93. The summed E-state index contributed by atoms with van der Waals surface area (Å²) in [6, 6.07) is 15.9. The minimum Gasteiger partial charge on any atom is -0.466 e. The van der Waals surface area contributed by atoms with Crippen LogP contribution < -0.4 is 19.9 Å². The van der Waals surface area contributed by atoms with Crippen LogP contribution in [-0.2, 0) is 20.8 Å². The number of benzene rings is 2. The summed E-state index contributed by atoms with van der Waals surface area (Å²) >= 11 is 0. The minimum absolute atomic E-state index is 0.0101. The molecule has 2 heterocycles. The number of amidine groups is 1. The van der Waals surface area contributed by atoms with Crippen molar-refractivity contribution in [3.05, 3.63) is 77.7 Å². The maximum Gasteiger partial charge on any atom is 0.420 e. The average Bonchev–Trinajstić information content (AvgIpc) is 3.50. The van der Waals surface area contributed by atoms with Crippen molar-refractivity contribution in [3.63, 3.8) is 0 Å². The lowest BCUT2D eigenvalue weighted by atomic mass is 10.2. The number of hydrogen-bond donors (Lipinski definition) is 3. The van der Waals surface area contributed by atoms with Crippen LogP contribution in [0.4, 0.5) is 21.1 Å². The Kier molecular flexibility index (Phi) is 12.9. The lowest BCUT2D eigenvalue weighted by Crippen LogP contribution is -2.36. The van der Waals surface area contributed by atoms with E-state index in [1.165, 1.54) is 4.90 Å². The first-order valence-corrected chi connectivity index (χ1v) is 16.1. The number of aryl methyl sites for hydroxylation is 1. The number of esters is 1. The number of nitrogens with one attached hydrogen (secondary N) is 3. The van der Waals surface area contributed by atoms with Crippen LogP contribution in [0.5, 0.6) is 5.75 Å². The third kappa shape index (κ3) is 9.77. The van der Waals surface area contributed by atoms with Crippen molar-refractivity contribution >= 4 is 46.5 Å². The molecule has 0 aliphatic heterocycles. The second-order valence-electron chi connectivity index (χ2n) is 11.1. The van der Waals surface area contributed by atoms with Crippen LogP contribution in [-0.4, -0.2) is 65.7 Å². The number of nitrogens with zero attached hydrogens (tertiary/aromatic N) is 4. The molecule has 0 fully saturated rings. The predicted octanol–water partition coefficient (Wildman–Crippen LogP) is 6.49. The van der Waals surface area contributed by atoms with Gasteiger partial charge in [0.15, 0.2) is 0 Å². The lowest BCUT2D eigenvalue weighted by Gasteiger charge is -2.21. The van der Waals surface area contributed by atoms with Gasteiger partial charge >= 0.3 is 18.2 Å². The molecule has 0 saturated heterocycles. The maximum atomic E-state index is 13.3. The highest BCUT2D eigenvalue weighted by atomic mass is 16.6. The molecule has 2 aromatic heterocycles. The molecule has 0 bridgehead atoms. The van der Waals surface area contributed by atoms with Gasteiger partial charge in [-0.05, 0) is 68.8 Å². The molecule has 0 spiro atoms. The van der Waals surface area contributed by atoms with Gasteiger partial charge in [0.05, 0.1) is 37.2 Å². The quantitative estimate of drug-likeness (QED) is 0.0561. The third-order valence-electron chi connectivity index (χ3n) is 7.54. The van der Waals surface area contributed by atoms with Gasteiger partial charge in [0.1, 0.15) is 23.2 Å². The molecule has 2 amide bonds. The number of imidazole rings is 1. The average molecular weight is 658 g/mol. The van der Waals surface area contributed by atoms with E-state index in [2.05, 4.69) is 22.2 Å². The molecule has 48 heavy (non-hydrogen) atoms. The van der Waals surface area contributed by atoms with Gasteiger partial charge in [0.25, 0.3) is 0 Å². The molecule has 0 aliphatic carbocycles. The van der Waals surface area contributed by atoms with Crippen molar-refractivity contribution in [1.29, 1.82) is 5.41 Å². The lowest BCUT2D eigenvalue weighted by molar-refractivity contribution is -0.142. The molecule has 4 aromatic rings. The SMILES string of the molecule is CCCCCCOC(=O)NC(=N)c1ccc(N(C)Cc2nc3c(C)c(OC(=O)N(CCC(=O)OCC)c4ccccn4)ccc3[nH]2)cc1. The number of alkyl carbamates (subject to hydrolysis) is 1. The highest BCUT2D eigenvalue weighted by Gasteiger charge is 2.22. The molecule has 254 valence electrons. The van der Waals surface area contributed by atoms with E-state index in [4.69, 9.17) is 24.6 Å². The summed E-state index contributed by atoms with van der Waals surface area (Å²) in [6.45, 7) is 6.75. The van der Waals surface area contributed by atoms with E-state index in [0.29, 0.717) is 47.2 Å². The van der Waals surface area contributed by atoms with Gasteiger partial charge in [0.2, 0.25) is 0 Å². The van der Waals surface area contributed by atoms with Gasteiger partial charge in [0, 0.05) is 36.6 Å². The Labute approximate surface area is 280 Å².